The van der Waals surface area contributed by atoms with Crippen LogP contribution in [0.2, 0.25) is 0 Å². The van der Waals surface area contributed by atoms with Crippen LogP contribution < -0.4 is 9.47 Å². The second-order valence-corrected chi connectivity index (χ2v) is 4.64. The number of carboxylic acid groups (broad SMARTS) is 1. The van der Waals surface area contributed by atoms with E-state index < -0.39 is 5.97 Å². The molecule has 0 saturated carbocycles. The highest BCUT2D eigenvalue weighted by atomic mass is 79.9. The lowest BCUT2D eigenvalue weighted by Gasteiger charge is -2.13. The molecule has 1 aromatic rings. The van der Waals surface area contributed by atoms with E-state index in [9.17, 15) is 4.79 Å². The van der Waals surface area contributed by atoms with Crippen molar-refractivity contribution < 1.29 is 19.4 Å². The average Bonchev–Trinajstić information content (AvgIpc) is 2.28. The van der Waals surface area contributed by atoms with E-state index >= 15 is 0 Å². The molecule has 0 aliphatic carbocycles. The number of hydrogen-bond donors (Lipinski definition) is 1. The van der Waals surface area contributed by atoms with Crippen LogP contribution in [0.25, 0.3) is 0 Å². The Morgan fingerprint density at radius 2 is 2.17 bits per heavy atom. The standard InChI is InChI=1S/C13H17BrO4/c1-3-18-11-8-9(5-4-6-12(15)16)7-10(14)13(11)17-2/h7-8H,3-6H2,1-2H3,(H,15,16). The van der Waals surface area contributed by atoms with Gasteiger partial charge in [0.05, 0.1) is 18.2 Å². The quantitative estimate of drug-likeness (QED) is 0.838. The number of methoxy groups -OCH3 is 1. The Labute approximate surface area is 115 Å². The SMILES string of the molecule is CCOc1cc(CCCC(=O)O)cc(Br)c1OC. The van der Waals surface area contributed by atoms with Crippen LogP contribution in [0, 0.1) is 0 Å². The molecule has 0 atom stereocenters. The van der Waals surface area contributed by atoms with Gasteiger partial charge >= 0.3 is 5.97 Å². The van der Waals surface area contributed by atoms with Crippen molar-refractivity contribution in [2.24, 2.45) is 0 Å². The summed E-state index contributed by atoms with van der Waals surface area (Å²) in [5.41, 5.74) is 1.03. The van der Waals surface area contributed by atoms with Crippen LogP contribution >= 0.6 is 15.9 Å². The van der Waals surface area contributed by atoms with E-state index in [0.717, 1.165) is 10.0 Å². The van der Waals surface area contributed by atoms with E-state index in [1.807, 2.05) is 19.1 Å². The Balaban J connectivity index is 2.83. The van der Waals surface area contributed by atoms with Gasteiger partial charge < -0.3 is 14.6 Å². The highest BCUT2D eigenvalue weighted by Crippen LogP contribution is 2.36. The predicted molar refractivity (Wildman–Crippen MR) is 72.4 cm³/mol. The van der Waals surface area contributed by atoms with Crippen LogP contribution in [0.1, 0.15) is 25.3 Å². The van der Waals surface area contributed by atoms with Gasteiger partial charge in [0.25, 0.3) is 0 Å². The maximum absolute atomic E-state index is 10.5. The monoisotopic (exact) mass is 316 g/mol. The second kappa shape index (κ2) is 7.26. The van der Waals surface area contributed by atoms with Crippen LogP contribution in [-0.2, 0) is 11.2 Å². The minimum absolute atomic E-state index is 0.174. The van der Waals surface area contributed by atoms with Crippen molar-refractivity contribution in [2.45, 2.75) is 26.2 Å². The molecule has 0 spiro atoms. The van der Waals surface area contributed by atoms with E-state index in [0.29, 0.717) is 30.9 Å². The molecule has 1 N–H and O–H groups in total. The summed E-state index contributed by atoms with van der Waals surface area (Å²) >= 11 is 3.43. The molecule has 18 heavy (non-hydrogen) atoms. The summed E-state index contributed by atoms with van der Waals surface area (Å²) < 4.78 is 11.6. The third kappa shape index (κ3) is 4.22. The average molecular weight is 317 g/mol. The summed E-state index contributed by atoms with van der Waals surface area (Å²) in [7, 11) is 1.59. The first-order valence-corrected chi connectivity index (χ1v) is 6.58. The second-order valence-electron chi connectivity index (χ2n) is 3.79. The molecule has 4 nitrogen and oxygen atoms in total. The molecule has 100 valence electrons. The van der Waals surface area contributed by atoms with Gasteiger partial charge in [0.15, 0.2) is 11.5 Å². The first-order chi connectivity index (χ1) is 8.58. The molecule has 0 heterocycles. The Morgan fingerprint density at radius 3 is 2.72 bits per heavy atom. The van der Waals surface area contributed by atoms with Crippen LogP contribution in [0.4, 0.5) is 0 Å². The zero-order valence-corrected chi connectivity index (χ0v) is 12.1. The summed E-state index contributed by atoms with van der Waals surface area (Å²) in [6.07, 6.45) is 1.49. The van der Waals surface area contributed by atoms with E-state index in [2.05, 4.69) is 15.9 Å². The Kier molecular flexibility index (Phi) is 5.98. The first-order valence-electron chi connectivity index (χ1n) is 5.79. The molecule has 0 aliphatic rings. The number of halogens is 1. The number of rotatable bonds is 7. The summed E-state index contributed by atoms with van der Waals surface area (Å²) in [6.45, 7) is 2.46. The molecule has 0 radical (unpaired) electrons. The fourth-order valence-electron chi connectivity index (χ4n) is 1.67. The molecular weight excluding hydrogens is 300 g/mol. The summed E-state index contributed by atoms with van der Waals surface area (Å²) in [4.78, 5) is 10.5. The number of aliphatic carboxylic acids is 1. The van der Waals surface area contributed by atoms with E-state index in [-0.39, 0.29) is 6.42 Å². The van der Waals surface area contributed by atoms with Crippen molar-refractivity contribution in [1.29, 1.82) is 0 Å². The summed E-state index contributed by atoms with van der Waals surface area (Å²) in [6, 6.07) is 3.83. The maximum Gasteiger partial charge on any atom is 0.303 e. The van der Waals surface area contributed by atoms with Crippen molar-refractivity contribution in [3.05, 3.63) is 22.2 Å². The highest BCUT2D eigenvalue weighted by molar-refractivity contribution is 9.10. The van der Waals surface area contributed by atoms with Gasteiger partial charge in [-0.15, -0.1) is 0 Å². The number of carboxylic acids is 1. The lowest BCUT2D eigenvalue weighted by Crippen LogP contribution is -1.99. The number of aryl methyl sites for hydroxylation is 1. The van der Waals surface area contributed by atoms with Gasteiger partial charge in [0.2, 0.25) is 0 Å². The Morgan fingerprint density at radius 1 is 1.44 bits per heavy atom. The third-order valence-electron chi connectivity index (χ3n) is 2.43. The minimum atomic E-state index is -0.771. The van der Waals surface area contributed by atoms with E-state index in [4.69, 9.17) is 14.6 Å². The fraction of sp³-hybridized carbons (Fsp3) is 0.462. The molecule has 0 aromatic heterocycles. The van der Waals surface area contributed by atoms with Crippen LogP contribution in [0.5, 0.6) is 11.5 Å². The molecule has 0 amide bonds. The van der Waals surface area contributed by atoms with Crippen LogP contribution in [0.3, 0.4) is 0 Å². The van der Waals surface area contributed by atoms with Crippen molar-refractivity contribution in [3.8, 4) is 11.5 Å². The lowest BCUT2D eigenvalue weighted by atomic mass is 10.1. The molecule has 0 aliphatic heterocycles. The number of carbonyl (C=O) groups is 1. The van der Waals surface area contributed by atoms with Crippen molar-refractivity contribution >= 4 is 21.9 Å². The molecule has 1 rings (SSSR count). The van der Waals surface area contributed by atoms with Gasteiger partial charge in [-0.05, 0) is 53.4 Å². The molecular formula is C13H17BrO4. The maximum atomic E-state index is 10.5. The lowest BCUT2D eigenvalue weighted by molar-refractivity contribution is -0.137. The zero-order chi connectivity index (χ0) is 13.5. The van der Waals surface area contributed by atoms with Crippen LogP contribution in [0.15, 0.2) is 16.6 Å². The molecule has 0 bridgehead atoms. The van der Waals surface area contributed by atoms with Gasteiger partial charge in [0.1, 0.15) is 0 Å². The van der Waals surface area contributed by atoms with Gasteiger partial charge in [-0.3, -0.25) is 4.79 Å². The largest absolute Gasteiger partial charge is 0.492 e. The van der Waals surface area contributed by atoms with Gasteiger partial charge in [-0.1, -0.05) is 0 Å². The number of ether oxygens (including phenoxy) is 2. The van der Waals surface area contributed by atoms with Gasteiger partial charge in [-0.2, -0.15) is 0 Å². The molecule has 1 aromatic carbocycles. The van der Waals surface area contributed by atoms with Crippen LogP contribution in [-0.4, -0.2) is 24.8 Å². The Hall–Kier alpha value is -1.23. The molecule has 0 fully saturated rings. The predicted octanol–water partition coefficient (Wildman–Crippen LogP) is 3.26. The van der Waals surface area contributed by atoms with Gasteiger partial charge in [-0.25, -0.2) is 0 Å². The highest BCUT2D eigenvalue weighted by Gasteiger charge is 2.11. The fourth-order valence-corrected chi connectivity index (χ4v) is 2.32. The van der Waals surface area contributed by atoms with Crippen molar-refractivity contribution in [3.63, 3.8) is 0 Å². The molecule has 5 heteroatoms. The third-order valence-corrected chi connectivity index (χ3v) is 3.02. The minimum Gasteiger partial charge on any atom is -0.492 e. The topological polar surface area (TPSA) is 55.8 Å². The first kappa shape index (κ1) is 14.8. The van der Waals surface area contributed by atoms with Crippen molar-refractivity contribution in [2.75, 3.05) is 13.7 Å². The number of benzene rings is 1. The smallest absolute Gasteiger partial charge is 0.303 e. The van der Waals surface area contributed by atoms with Crippen molar-refractivity contribution in [1.82, 2.24) is 0 Å². The normalized spacial score (nSPS) is 10.2. The molecule has 0 unspecified atom stereocenters. The van der Waals surface area contributed by atoms with E-state index in [1.165, 1.54) is 0 Å². The summed E-state index contributed by atoms with van der Waals surface area (Å²) in [5.74, 6) is 0.575. The Bertz CT molecular complexity index is 418. The number of hydrogen-bond acceptors (Lipinski definition) is 3. The summed E-state index contributed by atoms with van der Waals surface area (Å²) in [5, 5.41) is 8.61. The molecule has 0 saturated heterocycles. The van der Waals surface area contributed by atoms with E-state index in [1.54, 1.807) is 7.11 Å². The van der Waals surface area contributed by atoms with Gasteiger partial charge in [0, 0.05) is 6.42 Å². The zero-order valence-electron chi connectivity index (χ0n) is 10.5.